The van der Waals surface area contributed by atoms with E-state index in [0.717, 1.165) is 18.7 Å². The van der Waals surface area contributed by atoms with Gasteiger partial charge in [-0.05, 0) is 18.6 Å². The number of H-pyrrole nitrogens is 1. The molecule has 1 aromatic carbocycles. The molecule has 2 aromatic heterocycles. The van der Waals surface area contributed by atoms with E-state index in [0.29, 0.717) is 29.9 Å². The van der Waals surface area contributed by atoms with Crippen molar-refractivity contribution in [2.75, 3.05) is 13.1 Å². The van der Waals surface area contributed by atoms with Gasteiger partial charge in [0.15, 0.2) is 5.65 Å². The number of hydrogen-bond acceptors (Lipinski definition) is 5. The molecule has 0 saturated carbocycles. The van der Waals surface area contributed by atoms with Gasteiger partial charge in [0.1, 0.15) is 11.2 Å². The molecule has 3 heterocycles. The van der Waals surface area contributed by atoms with Crippen LogP contribution in [0.15, 0.2) is 41.3 Å². The van der Waals surface area contributed by atoms with Crippen LogP contribution in [0.1, 0.15) is 12.2 Å². The molecule has 7 heteroatoms. The molecular weight excluding hydrogens is 294 g/mol. The summed E-state index contributed by atoms with van der Waals surface area (Å²) in [5.41, 5.74) is 1.23. The first-order chi connectivity index (χ1) is 11.2. The molecule has 3 aromatic rings. The average Bonchev–Trinajstić information content (AvgIpc) is 3.15. The average molecular weight is 311 g/mol. The standard InChI is InChI=1S/C16H17N5O2/c22-12-6-7-20(9-12)10-14-18-15-13(16(23)19-14)8-17-21(15)11-4-2-1-3-5-11/h1-5,8,12,22H,6-7,9-10H2,(H,18,19,23)/t12-/m0/s1. The molecule has 118 valence electrons. The molecule has 1 atom stereocenters. The normalized spacial score (nSPS) is 18.7. The molecule has 1 fully saturated rings. The monoisotopic (exact) mass is 311 g/mol. The van der Waals surface area contributed by atoms with Crippen molar-refractivity contribution in [2.45, 2.75) is 19.1 Å². The van der Waals surface area contributed by atoms with Crippen LogP contribution in [0.4, 0.5) is 0 Å². The van der Waals surface area contributed by atoms with E-state index in [1.165, 1.54) is 6.20 Å². The van der Waals surface area contributed by atoms with Crippen molar-refractivity contribution in [3.63, 3.8) is 0 Å². The van der Waals surface area contributed by atoms with Crippen molar-refractivity contribution < 1.29 is 5.11 Å². The van der Waals surface area contributed by atoms with Crippen LogP contribution in [0.5, 0.6) is 0 Å². The first kappa shape index (κ1) is 14.1. The number of β-amino-alcohol motifs (C(OH)–C–C–N with tert-alkyl or cyclic N) is 1. The lowest BCUT2D eigenvalue weighted by Gasteiger charge is -2.13. The van der Waals surface area contributed by atoms with Crippen LogP contribution in [-0.2, 0) is 6.54 Å². The number of hydrogen-bond donors (Lipinski definition) is 2. The maximum atomic E-state index is 12.3. The number of aromatic amines is 1. The summed E-state index contributed by atoms with van der Waals surface area (Å²) in [6.45, 7) is 1.93. The largest absolute Gasteiger partial charge is 0.392 e. The second-order valence-corrected chi connectivity index (χ2v) is 5.82. The van der Waals surface area contributed by atoms with E-state index in [1.807, 2.05) is 30.3 Å². The summed E-state index contributed by atoms with van der Waals surface area (Å²) in [5.74, 6) is 0.592. The van der Waals surface area contributed by atoms with Crippen molar-refractivity contribution >= 4 is 11.0 Å². The van der Waals surface area contributed by atoms with Gasteiger partial charge >= 0.3 is 0 Å². The molecule has 0 amide bonds. The van der Waals surface area contributed by atoms with Gasteiger partial charge in [0.05, 0.1) is 24.5 Å². The zero-order chi connectivity index (χ0) is 15.8. The van der Waals surface area contributed by atoms with E-state index in [4.69, 9.17) is 0 Å². The number of fused-ring (bicyclic) bond motifs is 1. The maximum Gasteiger partial charge on any atom is 0.262 e. The third-order valence-corrected chi connectivity index (χ3v) is 4.11. The van der Waals surface area contributed by atoms with Gasteiger partial charge in [-0.2, -0.15) is 5.10 Å². The SMILES string of the molecule is O=c1[nH]c(CN2CC[C@H](O)C2)nc2c1cnn2-c1ccccc1. The van der Waals surface area contributed by atoms with E-state index >= 15 is 0 Å². The minimum atomic E-state index is -0.291. The van der Waals surface area contributed by atoms with Crippen molar-refractivity contribution in [3.05, 3.63) is 52.7 Å². The van der Waals surface area contributed by atoms with Crippen molar-refractivity contribution in [1.82, 2.24) is 24.6 Å². The summed E-state index contributed by atoms with van der Waals surface area (Å²) in [6.07, 6.45) is 2.01. The van der Waals surface area contributed by atoms with Crippen LogP contribution in [0.3, 0.4) is 0 Å². The highest BCUT2D eigenvalue weighted by Crippen LogP contribution is 2.15. The summed E-state index contributed by atoms with van der Waals surface area (Å²) in [5, 5.41) is 14.4. The van der Waals surface area contributed by atoms with Crippen LogP contribution < -0.4 is 5.56 Å². The Morgan fingerprint density at radius 3 is 2.87 bits per heavy atom. The van der Waals surface area contributed by atoms with Gasteiger partial charge in [-0.1, -0.05) is 18.2 Å². The minimum Gasteiger partial charge on any atom is -0.392 e. The van der Waals surface area contributed by atoms with Gasteiger partial charge in [-0.25, -0.2) is 9.67 Å². The lowest BCUT2D eigenvalue weighted by atomic mass is 10.3. The molecular formula is C16H17N5O2. The molecule has 4 rings (SSSR count). The Morgan fingerprint density at radius 2 is 2.13 bits per heavy atom. The predicted molar refractivity (Wildman–Crippen MR) is 85.4 cm³/mol. The van der Waals surface area contributed by atoms with Crippen LogP contribution in [0.25, 0.3) is 16.7 Å². The number of aliphatic hydroxyl groups is 1. The number of nitrogens with zero attached hydrogens (tertiary/aromatic N) is 4. The van der Waals surface area contributed by atoms with E-state index in [2.05, 4.69) is 20.0 Å². The number of para-hydroxylation sites is 1. The molecule has 1 saturated heterocycles. The summed E-state index contributed by atoms with van der Waals surface area (Å²) in [4.78, 5) is 21.7. The quantitative estimate of drug-likeness (QED) is 0.742. The van der Waals surface area contributed by atoms with Gasteiger partial charge in [0.2, 0.25) is 0 Å². The first-order valence-electron chi connectivity index (χ1n) is 7.63. The summed E-state index contributed by atoms with van der Waals surface area (Å²) < 4.78 is 1.67. The Hall–Kier alpha value is -2.51. The molecule has 1 aliphatic rings. The lowest BCUT2D eigenvalue weighted by molar-refractivity contribution is 0.174. The van der Waals surface area contributed by atoms with Crippen molar-refractivity contribution in [1.29, 1.82) is 0 Å². The Bertz CT molecular complexity index is 886. The molecule has 0 aliphatic carbocycles. The van der Waals surface area contributed by atoms with E-state index < -0.39 is 0 Å². The Balaban J connectivity index is 1.75. The molecule has 0 radical (unpaired) electrons. The summed E-state index contributed by atoms with van der Waals surface area (Å²) in [6, 6.07) is 9.61. The van der Waals surface area contributed by atoms with E-state index in [1.54, 1.807) is 4.68 Å². The zero-order valence-corrected chi connectivity index (χ0v) is 12.5. The molecule has 0 bridgehead atoms. The Morgan fingerprint density at radius 1 is 1.30 bits per heavy atom. The van der Waals surface area contributed by atoms with Gasteiger partial charge in [0.25, 0.3) is 5.56 Å². The first-order valence-corrected chi connectivity index (χ1v) is 7.63. The number of rotatable bonds is 3. The molecule has 0 unspecified atom stereocenters. The second kappa shape index (κ2) is 5.60. The van der Waals surface area contributed by atoms with Crippen molar-refractivity contribution in [3.8, 4) is 5.69 Å². The highest BCUT2D eigenvalue weighted by atomic mass is 16.3. The van der Waals surface area contributed by atoms with Gasteiger partial charge in [-0.15, -0.1) is 0 Å². The molecule has 7 nitrogen and oxygen atoms in total. The molecule has 1 aliphatic heterocycles. The fraction of sp³-hybridized carbons (Fsp3) is 0.312. The lowest BCUT2D eigenvalue weighted by Crippen LogP contribution is -2.24. The Kier molecular flexibility index (Phi) is 3.44. The maximum absolute atomic E-state index is 12.3. The molecule has 2 N–H and O–H groups in total. The van der Waals surface area contributed by atoms with Gasteiger partial charge < -0.3 is 10.1 Å². The number of likely N-dealkylation sites (tertiary alicyclic amines) is 1. The zero-order valence-electron chi connectivity index (χ0n) is 12.5. The molecule has 23 heavy (non-hydrogen) atoms. The Labute approximate surface area is 132 Å². The summed E-state index contributed by atoms with van der Waals surface area (Å²) >= 11 is 0. The minimum absolute atomic E-state index is 0.188. The summed E-state index contributed by atoms with van der Waals surface area (Å²) in [7, 11) is 0. The highest BCUT2D eigenvalue weighted by molar-refractivity contribution is 5.75. The third-order valence-electron chi connectivity index (χ3n) is 4.11. The predicted octanol–water partition coefficient (Wildman–Crippen LogP) is 0.675. The van der Waals surface area contributed by atoms with Crippen LogP contribution >= 0.6 is 0 Å². The van der Waals surface area contributed by atoms with Gasteiger partial charge in [-0.3, -0.25) is 9.69 Å². The number of benzene rings is 1. The number of nitrogens with one attached hydrogen (secondary N) is 1. The van der Waals surface area contributed by atoms with E-state index in [-0.39, 0.29) is 11.7 Å². The highest BCUT2D eigenvalue weighted by Gasteiger charge is 2.21. The fourth-order valence-electron chi connectivity index (χ4n) is 2.96. The topological polar surface area (TPSA) is 87.0 Å². The third kappa shape index (κ3) is 2.64. The van der Waals surface area contributed by atoms with Crippen LogP contribution in [0, 0.1) is 0 Å². The second-order valence-electron chi connectivity index (χ2n) is 5.82. The van der Waals surface area contributed by atoms with Crippen molar-refractivity contribution in [2.24, 2.45) is 0 Å². The smallest absolute Gasteiger partial charge is 0.262 e. The van der Waals surface area contributed by atoms with Crippen LogP contribution in [0.2, 0.25) is 0 Å². The molecule has 0 spiro atoms. The number of aromatic nitrogens is 4. The van der Waals surface area contributed by atoms with Crippen LogP contribution in [-0.4, -0.2) is 48.9 Å². The van der Waals surface area contributed by atoms with E-state index in [9.17, 15) is 9.90 Å². The number of aliphatic hydroxyl groups excluding tert-OH is 1. The fourth-order valence-corrected chi connectivity index (χ4v) is 2.96. The van der Waals surface area contributed by atoms with Gasteiger partial charge in [0, 0.05) is 13.1 Å².